The van der Waals surface area contributed by atoms with Gasteiger partial charge in [0, 0.05) is 5.92 Å². The molecule has 1 atom stereocenters. The molecule has 2 nitrogen and oxygen atoms in total. The van der Waals surface area contributed by atoms with Gasteiger partial charge in [0.15, 0.2) is 0 Å². The molecule has 0 aliphatic carbocycles. The highest BCUT2D eigenvalue weighted by atomic mass is 79.9. The van der Waals surface area contributed by atoms with E-state index in [0.717, 1.165) is 14.7 Å². The fourth-order valence-electron chi connectivity index (χ4n) is 2.76. The fourth-order valence-corrected chi connectivity index (χ4v) is 3.26. The Morgan fingerprint density at radius 2 is 1.85 bits per heavy atom. The van der Waals surface area contributed by atoms with Crippen LogP contribution in [0.4, 0.5) is 0 Å². The van der Waals surface area contributed by atoms with Crippen LogP contribution in [0.2, 0.25) is 5.02 Å². The van der Waals surface area contributed by atoms with Crippen LogP contribution < -0.4 is 9.47 Å². The van der Waals surface area contributed by atoms with E-state index in [1.165, 1.54) is 11.1 Å². The molecule has 0 spiro atoms. The van der Waals surface area contributed by atoms with Gasteiger partial charge in [-0.25, -0.2) is 0 Å². The molecule has 0 aromatic heterocycles. The Hall–Kier alpha value is -0.970. The Kier molecular flexibility index (Phi) is 8.05. The Morgan fingerprint density at radius 1 is 1.12 bits per heavy atom. The van der Waals surface area contributed by atoms with Crippen molar-refractivity contribution in [2.45, 2.75) is 39.7 Å². The molecular formula is C21H23Br2ClO2. The van der Waals surface area contributed by atoms with Crippen molar-refractivity contribution >= 4 is 43.5 Å². The molecule has 0 fully saturated rings. The van der Waals surface area contributed by atoms with Gasteiger partial charge in [-0.1, -0.05) is 30.7 Å². The second-order valence-electron chi connectivity index (χ2n) is 6.40. The number of aryl methyl sites for hydroxylation is 1. The number of ether oxygens (including phenoxy) is 2. The van der Waals surface area contributed by atoms with Gasteiger partial charge >= 0.3 is 0 Å². The van der Waals surface area contributed by atoms with Crippen LogP contribution in [0.3, 0.4) is 0 Å². The lowest BCUT2D eigenvalue weighted by Crippen LogP contribution is -2.06. The lowest BCUT2D eigenvalue weighted by molar-refractivity contribution is 0.242. The van der Waals surface area contributed by atoms with Crippen LogP contribution >= 0.6 is 43.5 Å². The molecular weight excluding hydrogens is 479 g/mol. The van der Waals surface area contributed by atoms with Gasteiger partial charge in [-0.15, -0.1) is 0 Å². The van der Waals surface area contributed by atoms with Crippen molar-refractivity contribution in [3.05, 3.63) is 67.6 Å². The van der Waals surface area contributed by atoms with Crippen LogP contribution in [0.15, 0.2) is 45.9 Å². The van der Waals surface area contributed by atoms with Crippen LogP contribution in [0.25, 0.3) is 0 Å². The van der Waals surface area contributed by atoms with Crippen LogP contribution in [0.5, 0.6) is 11.5 Å². The second kappa shape index (κ2) is 9.82. The van der Waals surface area contributed by atoms with E-state index in [1.807, 2.05) is 38.1 Å². The first-order valence-corrected chi connectivity index (χ1v) is 10.4. The van der Waals surface area contributed by atoms with E-state index in [1.54, 1.807) is 0 Å². The van der Waals surface area contributed by atoms with E-state index in [4.69, 9.17) is 21.1 Å². The molecule has 2 rings (SSSR count). The number of halogens is 3. The third-order valence-corrected chi connectivity index (χ3v) is 4.95. The number of hydrogen-bond acceptors (Lipinski definition) is 2. The molecule has 140 valence electrons. The van der Waals surface area contributed by atoms with Gasteiger partial charge < -0.3 is 9.47 Å². The molecule has 0 bridgehead atoms. The summed E-state index contributed by atoms with van der Waals surface area (Å²) in [5, 5.41) is 0.617. The zero-order chi connectivity index (χ0) is 19.3. The molecule has 26 heavy (non-hydrogen) atoms. The summed E-state index contributed by atoms with van der Waals surface area (Å²) in [7, 11) is 0. The zero-order valence-corrected chi connectivity index (χ0v) is 19.3. The summed E-state index contributed by atoms with van der Waals surface area (Å²) < 4.78 is 12.3. The van der Waals surface area contributed by atoms with Crippen molar-refractivity contribution in [3.63, 3.8) is 0 Å². The molecule has 0 aliphatic rings. The third-order valence-electron chi connectivity index (χ3n) is 4.01. The monoisotopic (exact) mass is 500 g/mol. The van der Waals surface area contributed by atoms with Crippen molar-refractivity contribution in [2.75, 3.05) is 6.61 Å². The smallest absolute Gasteiger partial charge is 0.138 e. The average molecular weight is 503 g/mol. The summed E-state index contributed by atoms with van der Waals surface area (Å²) >= 11 is 13.0. The summed E-state index contributed by atoms with van der Waals surface area (Å²) in [5.41, 5.74) is 3.62. The van der Waals surface area contributed by atoms with Crippen molar-refractivity contribution in [2.24, 2.45) is 0 Å². The summed E-state index contributed by atoms with van der Waals surface area (Å²) in [6.45, 7) is 8.80. The van der Waals surface area contributed by atoms with E-state index in [-0.39, 0.29) is 12.0 Å². The van der Waals surface area contributed by atoms with Gasteiger partial charge in [-0.2, -0.15) is 0 Å². The molecule has 2 aromatic carbocycles. The Morgan fingerprint density at radius 3 is 2.42 bits per heavy atom. The minimum Gasteiger partial charge on any atom is -0.491 e. The van der Waals surface area contributed by atoms with E-state index in [9.17, 15) is 0 Å². The van der Waals surface area contributed by atoms with Crippen LogP contribution in [-0.2, 0) is 0 Å². The topological polar surface area (TPSA) is 18.5 Å². The summed E-state index contributed by atoms with van der Waals surface area (Å²) in [4.78, 5) is 0. The normalized spacial score (nSPS) is 12.0. The maximum absolute atomic E-state index is 6.41. The molecule has 1 unspecified atom stereocenters. The highest BCUT2D eigenvalue weighted by molar-refractivity contribution is 9.28. The Balaban J connectivity index is 2.17. The highest BCUT2D eigenvalue weighted by Crippen LogP contribution is 2.34. The van der Waals surface area contributed by atoms with Crippen LogP contribution in [-0.4, -0.2) is 12.7 Å². The number of hydrogen-bond donors (Lipinski definition) is 0. The molecule has 0 saturated carbocycles. The molecule has 5 heteroatoms. The van der Waals surface area contributed by atoms with Gasteiger partial charge in [-0.3, -0.25) is 0 Å². The summed E-state index contributed by atoms with van der Waals surface area (Å²) in [5.74, 6) is 1.81. The quantitative estimate of drug-likeness (QED) is 0.388. The SMILES string of the molecule is Cc1cc(OC(C)C)ccc1C(C)c1ccc(OCC=C(Br)Br)c(Cl)c1. The second-order valence-corrected chi connectivity index (χ2v) is 9.58. The van der Waals surface area contributed by atoms with Crippen molar-refractivity contribution in [3.8, 4) is 11.5 Å². The number of rotatable bonds is 7. The van der Waals surface area contributed by atoms with Crippen LogP contribution in [0, 0.1) is 6.92 Å². The van der Waals surface area contributed by atoms with E-state index in [2.05, 4.69) is 63.9 Å². The highest BCUT2D eigenvalue weighted by Gasteiger charge is 2.14. The first-order chi connectivity index (χ1) is 12.3. The zero-order valence-electron chi connectivity index (χ0n) is 15.4. The molecule has 0 amide bonds. The Labute approximate surface area is 177 Å². The van der Waals surface area contributed by atoms with Gasteiger partial charge in [-0.05, 0) is 99.7 Å². The first-order valence-electron chi connectivity index (χ1n) is 8.48. The molecule has 0 heterocycles. The van der Waals surface area contributed by atoms with Gasteiger partial charge in [0.25, 0.3) is 0 Å². The molecule has 0 N–H and O–H groups in total. The fraction of sp³-hybridized carbons (Fsp3) is 0.333. The predicted molar refractivity (Wildman–Crippen MR) is 117 cm³/mol. The van der Waals surface area contributed by atoms with E-state index < -0.39 is 0 Å². The number of benzene rings is 2. The molecule has 0 radical (unpaired) electrons. The van der Waals surface area contributed by atoms with E-state index >= 15 is 0 Å². The van der Waals surface area contributed by atoms with Gasteiger partial charge in [0.2, 0.25) is 0 Å². The average Bonchev–Trinajstić information content (AvgIpc) is 2.55. The largest absolute Gasteiger partial charge is 0.491 e. The standard InChI is InChI=1S/C21H23Br2ClO2/c1-13(2)26-17-6-7-18(14(3)11-17)15(4)16-5-8-20(19(24)12-16)25-10-9-21(22)23/h5-9,11-13,15H,10H2,1-4H3. The van der Waals surface area contributed by atoms with Crippen molar-refractivity contribution in [1.82, 2.24) is 0 Å². The van der Waals surface area contributed by atoms with Crippen molar-refractivity contribution in [1.29, 1.82) is 0 Å². The van der Waals surface area contributed by atoms with Crippen molar-refractivity contribution < 1.29 is 9.47 Å². The van der Waals surface area contributed by atoms with Gasteiger partial charge in [0.1, 0.15) is 18.1 Å². The molecule has 0 aliphatic heterocycles. The first kappa shape index (κ1) is 21.3. The van der Waals surface area contributed by atoms with Crippen LogP contribution in [0.1, 0.15) is 43.4 Å². The third kappa shape index (κ3) is 6.04. The Bertz CT molecular complexity index is 784. The van der Waals surface area contributed by atoms with Gasteiger partial charge in [0.05, 0.1) is 14.5 Å². The summed E-state index contributed by atoms with van der Waals surface area (Å²) in [6, 6.07) is 12.2. The minimum absolute atomic E-state index is 0.170. The lowest BCUT2D eigenvalue weighted by atomic mass is 9.90. The molecule has 0 saturated heterocycles. The van der Waals surface area contributed by atoms with E-state index in [0.29, 0.717) is 17.4 Å². The molecule has 2 aromatic rings. The summed E-state index contributed by atoms with van der Waals surface area (Å²) in [6.07, 6.45) is 2.04. The maximum atomic E-state index is 6.41. The lowest BCUT2D eigenvalue weighted by Gasteiger charge is -2.18. The maximum Gasteiger partial charge on any atom is 0.138 e. The minimum atomic E-state index is 0.170. The predicted octanol–water partition coefficient (Wildman–Crippen LogP) is 7.60.